The van der Waals surface area contributed by atoms with Crippen LogP contribution in [0.4, 0.5) is 13.2 Å². The van der Waals surface area contributed by atoms with Gasteiger partial charge in [0.15, 0.2) is 0 Å². The Hall–Kier alpha value is -4.21. The summed E-state index contributed by atoms with van der Waals surface area (Å²) in [4.78, 5) is 41.9. The number of carbonyl (C=O) groups is 1. The van der Waals surface area contributed by atoms with E-state index in [0.29, 0.717) is 18.4 Å². The standard InChI is InChI=1S/C15H14F2N2O.C8H5FN2O2/c16-13-5-4-12(14(17)8-13)10-19-15(20)6-3-11-2-1-7-18-9-11;9-4-1-2-6-5(3-4)7(12)11-8(13)10-6/h1-2,4-5,7-9H,3,6,10H2,(H,19,20);1-3H,(H2,10,11,12,13). The summed E-state index contributed by atoms with van der Waals surface area (Å²) in [6.07, 6.45) is 4.24. The molecule has 0 aliphatic carbocycles. The lowest BCUT2D eigenvalue weighted by atomic mass is 10.1. The molecule has 33 heavy (non-hydrogen) atoms. The summed E-state index contributed by atoms with van der Waals surface area (Å²) in [6.45, 7) is 0.0536. The summed E-state index contributed by atoms with van der Waals surface area (Å²) >= 11 is 0. The predicted molar refractivity (Wildman–Crippen MR) is 116 cm³/mol. The number of benzene rings is 2. The third-order valence-corrected chi connectivity index (χ3v) is 4.56. The molecule has 0 atom stereocenters. The Morgan fingerprint density at radius 3 is 2.45 bits per heavy atom. The fourth-order valence-corrected chi connectivity index (χ4v) is 2.89. The molecule has 4 aromatic rings. The minimum absolute atomic E-state index is 0.0536. The molecule has 2 heterocycles. The van der Waals surface area contributed by atoms with Crippen LogP contribution in [0, 0.1) is 17.5 Å². The van der Waals surface area contributed by atoms with Gasteiger partial charge in [-0.15, -0.1) is 0 Å². The van der Waals surface area contributed by atoms with Gasteiger partial charge in [-0.05, 0) is 42.3 Å². The van der Waals surface area contributed by atoms with Crippen LogP contribution in [-0.4, -0.2) is 20.9 Å². The largest absolute Gasteiger partial charge is 0.352 e. The predicted octanol–water partition coefficient (Wildman–Crippen LogP) is 2.96. The molecule has 0 radical (unpaired) electrons. The van der Waals surface area contributed by atoms with Crippen LogP contribution in [-0.2, 0) is 17.8 Å². The first-order chi connectivity index (χ1) is 15.8. The second kappa shape index (κ2) is 10.9. The molecule has 0 aliphatic rings. The van der Waals surface area contributed by atoms with Crippen molar-refractivity contribution in [2.24, 2.45) is 0 Å². The van der Waals surface area contributed by atoms with Crippen molar-refractivity contribution in [2.45, 2.75) is 19.4 Å². The number of hydrogen-bond donors (Lipinski definition) is 3. The number of aryl methyl sites for hydroxylation is 1. The van der Waals surface area contributed by atoms with Gasteiger partial charge >= 0.3 is 5.69 Å². The SMILES string of the molecule is O=C(CCc1cccnc1)NCc1ccc(F)cc1F.O=c1[nH]c(=O)c2cc(F)ccc2[nH]1. The van der Waals surface area contributed by atoms with Gasteiger partial charge in [0.2, 0.25) is 5.91 Å². The highest BCUT2D eigenvalue weighted by Gasteiger charge is 2.06. The summed E-state index contributed by atoms with van der Waals surface area (Å²) in [6, 6.07) is 10.6. The van der Waals surface area contributed by atoms with E-state index in [4.69, 9.17) is 0 Å². The molecule has 3 N–H and O–H groups in total. The number of fused-ring (bicyclic) bond motifs is 1. The van der Waals surface area contributed by atoms with E-state index in [1.807, 2.05) is 11.1 Å². The second-order valence-corrected chi connectivity index (χ2v) is 6.97. The van der Waals surface area contributed by atoms with Gasteiger partial charge in [-0.3, -0.25) is 19.6 Å². The molecular weight excluding hydrogens is 437 g/mol. The molecule has 0 spiro atoms. The quantitative estimate of drug-likeness (QED) is 0.429. The van der Waals surface area contributed by atoms with Crippen LogP contribution in [0.2, 0.25) is 0 Å². The molecule has 170 valence electrons. The third kappa shape index (κ3) is 6.89. The van der Waals surface area contributed by atoms with E-state index in [9.17, 15) is 27.6 Å². The zero-order valence-electron chi connectivity index (χ0n) is 17.2. The lowest BCUT2D eigenvalue weighted by molar-refractivity contribution is -0.121. The maximum atomic E-state index is 13.4. The molecule has 0 saturated carbocycles. The monoisotopic (exact) mass is 456 g/mol. The zero-order chi connectivity index (χ0) is 23.8. The summed E-state index contributed by atoms with van der Waals surface area (Å²) < 4.78 is 38.7. The van der Waals surface area contributed by atoms with Crippen molar-refractivity contribution in [1.29, 1.82) is 0 Å². The lowest BCUT2D eigenvalue weighted by Crippen LogP contribution is -2.23. The highest BCUT2D eigenvalue weighted by Crippen LogP contribution is 2.09. The van der Waals surface area contributed by atoms with Crippen molar-refractivity contribution < 1.29 is 18.0 Å². The molecule has 7 nitrogen and oxygen atoms in total. The number of nitrogens with one attached hydrogen (secondary N) is 3. The van der Waals surface area contributed by atoms with Crippen LogP contribution in [0.15, 0.2) is 70.5 Å². The molecule has 2 aromatic heterocycles. The first-order valence-corrected chi connectivity index (χ1v) is 9.83. The second-order valence-electron chi connectivity index (χ2n) is 6.97. The summed E-state index contributed by atoms with van der Waals surface area (Å²) in [7, 11) is 0. The Morgan fingerprint density at radius 2 is 1.73 bits per heavy atom. The van der Waals surface area contributed by atoms with Crippen molar-refractivity contribution in [3.63, 3.8) is 0 Å². The number of hydrogen-bond acceptors (Lipinski definition) is 4. The van der Waals surface area contributed by atoms with Crippen LogP contribution in [0.5, 0.6) is 0 Å². The third-order valence-electron chi connectivity index (χ3n) is 4.56. The fourth-order valence-electron chi connectivity index (χ4n) is 2.89. The first-order valence-electron chi connectivity index (χ1n) is 9.83. The van der Waals surface area contributed by atoms with Crippen LogP contribution in [0.25, 0.3) is 10.9 Å². The topological polar surface area (TPSA) is 108 Å². The van der Waals surface area contributed by atoms with Crippen LogP contribution in [0.1, 0.15) is 17.5 Å². The van der Waals surface area contributed by atoms with Gasteiger partial charge in [0, 0.05) is 37.0 Å². The fraction of sp³-hybridized carbons (Fsp3) is 0.130. The Balaban J connectivity index is 0.000000203. The molecule has 0 unspecified atom stereocenters. The summed E-state index contributed by atoms with van der Waals surface area (Å²) in [5.74, 6) is -1.98. The van der Waals surface area contributed by atoms with Gasteiger partial charge in [0.1, 0.15) is 17.5 Å². The number of carbonyl (C=O) groups excluding carboxylic acids is 1. The Bertz CT molecular complexity index is 1370. The minimum atomic E-state index is -0.655. The van der Waals surface area contributed by atoms with Gasteiger partial charge in [-0.25, -0.2) is 18.0 Å². The number of nitrogens with zero attached hydrogens (tertiary/aromatic N) is 1. The molecule has 2 aromatic carbocycles. The molecule has 10 heteroatoms. The number of halogens is 3. The highest BCUT2D eigenvalue weighted by molar-refractivity contribution is 5.77. The Morgan fingerprint density at radius 1 is 0.970 bits per heavy atom. The first kappa shape index (κ1) is 23.5. The zero-order valence-corrected chi connectivity index (χ0v) is 17.2. The van der Waals surface area contributed by atoms with Crippen molar-refractivity contribution in [3.05, 3.63) is 110 Å². The number of aromatic nitrogens is 3. The van der Waals surface area contributed by atoms with E-state index in [1.54, 1.807) is 18.5 Å². The van der Waals surface area contributed by atoms with Crippen molar-refractivity contribution in [3.8, 4) is 0 Å². The van der Waals surface area contributed by atoms with E-state index in [0.717, 1.165) is 17.7 Å². The molecule has 1 amide bonds. The maximum Gasteiger partial charge on any atom is 0.326 e. The van der Waals surface area contributed by atoms with E-state index in [1.165, 1.54) is 24.3 Å². The number of aromatic amines is 2. The van der Waals surface area contributed by atoms with Crippen LogP contribution < -0.4 is 16.6 Å². The summed E-state index contributed by atoms with van der Waals surface area (Å²) in [5.41, 5.74) is 0.384. The number of amides is 1. The van der Waals surface area contributed by atoms with Crippen LogP contribution in [0.3, 0.4) is 0 Å². The van der Waals surface area contributed by atoms with E-state index < -0.39 is 28.7 Å². The van der Waals surface area contributed by atoms with Crippen LogP contribution >= 0.6 is 0 Å². The van der Waals surface area contributed by atoms with Gasteiger partial charge in [-0.2, -0.15) is 0 Å². The van der Waals surface area contributed by atoms with Gasteiger partial charge in [0.05, 0.1) is 10.9 Å². The van der Waals surface area contributed by atoms with Crippen molar-refractivity contribution >= 4 is 16.8 Å². The van der Waals surface area contributed by atoms with Gasteiger partial charge in [-0.1, -0.05) is 12.1 Å². The molecule has 0 fully saturated rings. The lowest BCUT2D eigenvalue weighted by Gasteiger charge is -2.06. The van der Waals surface area contributed by atoms with Crippen molar-refractivity contribution in [2.75, 3.05) is 0 Å². The minimum Gasteiger partial charge on any atom is -0.352 e. The Labute approximate surface area is 185 Å². The molecule has 0 saturated heterocycles. The van der Waals surface area contributed by atoms with Crippen molar-refractivity contribution in [1.82, 2.24) is 20.3 Å². The van der Waals surface area contributed by atoms with Gasteiger partial charge < -0.3 is 10.3 Å². The Kier molecular flexibility index (Phi) is 7.74. The van der Waals surface area contributed by atoms with Gasteiger partial charge in [0.25, 0.3) is 5.56 Å². The number of H-pyrrole nitrogens is 2. The number of rotatable bonds is 5. The van der Waals surface area contributed by atoms with E-state index >= 15 is 0 Å². The average molecular weight is 456 g/mol. The number of pyridine rings is 1. The summed E-state index contributed by atoms with van der Waals surface area (Å²) in [5, 5.41) is 2.75. The normalized spacial score (nSPS) is 10.4. The average Bonchev–Trinajstić information content (AvgIpc) is 2.79. The molecule has 0 bridgehead atoms. The smallest absolute Gasteiger partial charge is 0.326 e. The molecule has 0 aliphatic heterocycles. The molecule has 4 rings (SSSR count). The maximum absolute atomic E-state index is 13.4. The van der Waals surface area contributed by atoms with E-state index in [2.05, 4.69) is 15.3 Å². The van der Waals surface area contributed by atoms with E-state index in [-0.39, 0.29) is 23.4 Å². The molecular formula is C23H19F3N4O3. The highest BCUT2D eigenvalue weighted by atomic mass is 19.1.